The van der Waals surface area contributed by atoms with Gasteiger partial charge in [0, 0.05) is 24.8 Å². The molecule has 0 aliphatic rings. The predicted octanol–water partition coefficient (Wildman–Crippen LogP) is 3.47. The lowest BCUT2D eigenvalue weighted by Crippen LogP contribution is -2.34. The van der Waals surface area contributed by atoms with Crippen LogP contribution in [0, 0.1) is 0 Å². The van der Waals surface area contributed by atoms with Gasteiger partial charge < -0.3 is 19.7 Å². The zero-order valence-corrected chi connectivity index (χ0v) is 15.9. The predicted molar refractivity (Wildman–Crippen MR) is 96.7 cm³/mol. The summed E-state index contributed by atoms with van der Waals surface area (Å²) in [5.41, 5.74) is 0.221. The zero-order valence-electron chi connectivity index (χ0n) is 14.4. The first kappa shape index (κ1) is 20.0. The van der Waals surface area contributed by atoms with Gasteiger partial charge in [0.25, 0.3) is 0 Å². The Bertz CT molecular complexity index is 830. The van der Waals surface area contributed by atoms with Crippen LogP contribution in [0.25, 0.3) is 11.3 Å². The molecule has 8 nitrogen and oxygen atoms in total. The van der Waals surface area contributed by atoms with Crippen molar-refractivity contribution in [1.29, 1.82) is 0 Å². The lowest BCUT2D eigenvalue weighted by Gasteiger charge is -2.19. The number of carbonyl (C=O) groups excluding carboxylic acids is 1. The molecule has 0 saturated carbocycles. The van der Waals surface area contributed by atoms with Crippen molar-refractivity contribution in [3.05, 3.63) is 34.5 Å². The van der Waals surface area contributed by atoms with Crippen molar-refractivity contribution < 1.29 is 19.4 Å². The highest BCUT2D eigenvalue weighted by molar-refractivity contribution is 6.33. The molecule has 0 radical (unpaired) electrons. The smallest absolute Gasteiger partial charge is 0.407 e. The number of hydrogen-bond acceptors (Lipinski definition) is 5. The van der Waals surface area contributed by atoms with Gasteiger partial charge in [-0.3, -0.25) is 0 Å². The third-order valence-corrected chi connectivity index (χ3v) is 3.58. The number of carboxylic acids is 1. The number of carbonyl (C=O) groups is 2. The Labute approximate surface area is 160 Å². The van der Waals surface area contributed by atoms with Crippen molar-refractivity contribution in [3.63, 3.8) is 0 Å². The zero-order chi connectivity index (χ0) is 19.5. The van der Waals surface area contributed by atoms with Gasteiger partial charge in [-0.1, -0.05) is 11.6 Å². The van der Waals surface area contributed by atoms with Crippen molar-refractivity contribution in [2.75, 3.05) is 6.54 Å². The number of nitrogens with one attached hydrogen (secondary N) is 1. The van der Waals surface area contributed by atoms with Crippen molar-refractivity contribution in [2.45, 2.75) is 32.9 Å². The molecule has 2 N–H and O–H groups in total. The summed E-state index contributed by atoms with van der Waals surface area (Å²) in [6.45, 7) is 5.66. The summed E-state index contributed by atoms with van der Waals surface area (Å²) >= 11 is 11.8. The number of amides is 1. The summed E-state index contributed by atoms with van der Waals surface area (Å²) in [5, 5.41) is 12.2. The number of rotatable bonds is 5. The molecule has 0 aliphatic heterocycles. The van der Waals surface area contributed by atoms with Crippen LogP contribution in [0.5, 0.6) is 0 Å². The van der Waals surface area contributed by atoms with Gasteiger partial charge in [-0.25, -0.2) is 19.6 Å². The Kier molecular flexibility index (Phi) is 6.09. The van der Waals surface area contributed by atoms with Crippen LogP contribution in [0.4, 0.5) is 4.79 Å². The maximum atomic E-state index is 11.7. The maximum absolute atomic E-state index is 11.7. The molecular weight excluding hydrogens is 383 g/mol. The topological polar surface area (TPSA) is 106 Å². The molecule has 0 bridgehead atoms. The van der Waals surface area contributed by atoms with Crippen LogP contribution in [-0.2, 0) is 11.3 Å². The van der Waals surface area contributed by atoms with E-state index in [2.05, 4.69) is 15.3 Å². The van der Waals surface area contributed by atoms with Crippen LogP contribution in [-0.4, -0.2) is 43.8 Å². The summed E-state index contributed by atoms with van der Waals surface area (Å²) in [6.07, 6.45) is 2.34. The van der Waals surface area contributed by atoms with E-state index in [0.29, 0.717) is 11.3 Å². The molecule has 2 rings (SSSR count). The Morgan fingerprint density at radius 3 is 2.65 bits per heavy atom. The monoisotopic (exact) mass is 400 g/mol. The second-order valence-electron chi connectivity index (χ2n) is 6.38. The first-order valence-corrected chi connectivity index (χ1v) is 8.41. The van der Waals surface area contributed by atoms with Crippen LogP contribution in [0.1, 0.15) is 31.3 Å². The van der Waals surface area contributed by atoms with Gasteiger partial charge in [-0.05, 0) is 38.4 Å². The molecular formula is C16H18Cl2N4O4. The molecule has 10 heteroatoms. The standard InChI is InChI=1S/C16H18Cl2N4O4/c1-16(2,3)26-15(25)19-4-5-22-8-9(6-11(22)13(23)24)12-10(17)7-20-14(18)21-12/h6-8H,4-5H2,1-3H3,(H,19,25)(H,23,24). The molecule has 0 unspecified atom stereocenters. The molecule has 2 aromatic rings. The normalized spacial score (nSPS) is 11.3. The van der Waals surface area contributed by atoms with Gasteiger partial charge in [-0.2, -0.15) is 0 Å². The summed E-state index contributed by atoms with van der Waals surface area (Å²) in [7, 11) is 0. The summed E-state index contributed by atoms with van der Waals surface area (Å²) < 4.78 is 6.61. The highest BCUT2D eigenvalue weighted by Gasteiger charge is 2.18. The summed E-state index contributed by atoms with van der Waals surface area (Å²) in [5.74, 6) is -1.12. The quantitative estimate of drug-likeness (QED) is 0.743. The van der Waals surface area contributed by atoms with Crippen molar-refractivity contribution >= 4 is 35.3 Å². The molecule has 140 valence electrons. The van der Waals surface area contributed by atoms with E-state index in [1.165, 1.54) is 16.8 Å². The molecule has 0 aliphatic carbocycles. The molecule has 2 heterocycles. The van der Waals surface area contributed by atoms with Crippen LogP contribution in [0.15, 0.2) is 18.5 Å². The van der Waals surface area contributed by atoms with Crippen LogP contribution in [0.2, 0.25) is 10.3 Å². The molecule has 1 amide bonds. The SMILES string of the molecule is CC(C)(C)OC(=O)NCCn1cc(-c2nc(Cl)ncc2Cl)cc1C(=O)O. The molecule has 0 saturated heterocycles. The highest BCUT2D eigenvalue weighted by Crippen LogP contribution is 2.28. The average molecular weight is 401 g/mol. The summed E-state index contributed by atoms with van der Waals surface area (Å²) in [6, 6.07) is 1.43. The number of ether oxygens (including phenoxy) is 1. The van der Waals surface area contributed by atoms with E-state index >= 15 is 0 Å². The maximum Gasteiger partial charge on any atom is 0.407 e. The van der Waals surface area contributed by atoms with E-state index in [1.807, 2.05) is 0 Å². The lowest BCUT2D eigenvalue weighted by molar-refractivity contribution is 0.0526. The second kappa shape index (κ2) is 7.92. The largest absolute Gasteiger partial charge is 0.477 e. The highest BCUT2D eigenvalue weighted by atomic mass is 35.5. The van der Waals surface area contributed by atoms with Gasteiger partial charge in [0.2, 0.25) is 5.28 Å². The van der Waals surface area contributed by atoms with Gasteiger partial charge in [0.15, 0.2) is 0 Å². The fourth-order valence-corrected chi connectivity index (χ4v) is 2.48. The lowest BCUT2D eigenvalue weighted by atomic mass is 10.2. The van der Waals surface area contributed by atoms with E-state index in [0.717, 1.165) is 0 Å². The number of aromatic nitrogens is 3. The fraction of sp³-hybridized carbons (Fsp3) is 0.375. The van der Waals surface area contributed by atoms with Gasteiger partial charge in [-0.15, -0.1) is 0 Å². The van der Waals surface area contributed by atoms with Crippen molar-refractivity contribution in [2.24, 2.45) is 0 Å². The number of hydrogen-bond donors (Lipinski definition) is 2. The number of carboxylic acid groups (broad SMARTS) is 1. The second-order valence-corrected chi connectivity index (χ2v) is 7.12. The van der Waals surface area contributed by atoms with Crippen LogP contribution >= 0.6 is 23.2 Å². The Morgan fingerprint density at radius 1 is 1.35 bits per heavy atom. The fourth-order valence-electron chi connectivity index (χ4n) is 2.14. The van der Waals surface area contributed by atoms with Gasteiger partial charge >= 0.3 is 12.1 Å². The first-order chi connectivity index (χ1) is 12.1. The Balaban J connectivity index is 2.16. The minimum absolute atomic E-state index is 0.000572. The van der Waals surface area contributed by atoms with Crippen molar-refractivity contribution in [1.82, 2.24) is 19.9 Å². The molecule has 26 heavy (non-hydrogen) atoms. The Hall–Kier alpha value is -2.32. The number of aromatic carboxylic acids is 1. The average Bonchev–Trinajstić information content (AvgIpc) is 2.92. The van der Waals surface area contributed by atoms with E-state index in [4.69, 9.17) is 27.9 Å². The van der Waals surface area contributed by atoms with E-state index in [1.54, 1.807) is 27.0 Å². The van der Waals surface area contributed by atoms with Crippen LogP contribution < -0.4 is 5.32 Å². The van der Waals surface area contributed by atoms with E-state index in [9.17, 15) is 14.7 Å². The van der Waals surface area contributed by atoms with Crippen molar-refractivity contribution in [3.8, 4) is 11.3 Å². The Morgan fingerprint density at radius 2 is 2.04 bits per heavy atom. The number of nitrogens with zero attached hydrogens (tertiary/aromatic N) is 3. The minimum atomic E-state index is -1.12. The van der Waals surface area contributed by atoms with E-state index < -0.39 is 17.7 Å². The number of halogens is 2. The minimum Gasteiger partial charge on any atom is -0.477 e. The molecule has 0 atom stereocenters. The van der Waals surface area contributed by atoms with Gasteiger partial charge in [0.1, 0.15) is 11.3 Å². The van der Waals surface area contributed by atoms with Gasteiger partial charge in [0.05, 0.1) is 16.9 Å². The third-order valence-electron chi connectivity index (χ3n) is 3.12. The summed E-state index contributed by atoms with van der Waals surface area (Å²) in [4.78, 5) is 30.9. The molecule has 0 fully saturated rings. The van der Waals surface area contributed by atoms with Crippen LogP contribution in [0.3, 0.4) is 0 Å². The van der Waals surface area contributed by atoms with E-state index in [-0.39, 0.29) is 29.1 Å². The number of alkyl carbamates (subject to hydrolysis) is 1. The molecule has 2 aromatic heterocycles. The third kappa shape index (κ3) is 5.34. The first-order valence-electron chi connectivity index (χ1n) is 7.65. The molecule has 0 aromatic carbocycles. The molecule has 0 spiro atoms.